The highest BCUT2D eigenvalue weighted by molar-refractivity contribution is 5.96. The highest BCUT2D eigenvalue weighted by Gasteiger charge is 2.33. The number of aromatic nitrogens is 1. The van der Waals surface area contributed by atoms with E-state index in [1.807, 2.05) is 20.8 Å². The molecule has 5 nitrogen and oxygen atoms in total. The van der Waals surface area contributed by atoms with E-state index in [4.69, 9.17) is 9.47 Å². The maximum atomic E-state index is 12.6. The van der Waals surface area contributed by atoms with E-state index in [0.717, 1.165) is 32.1 Å². The van der Waals surface area contributed by atoms with E-state index in [9.17, 15) is 4.79 Å². The molecule has 1 aromatic rings. The van der Waals surface area contributed by atoms with E-state index in [0.29, 0.717) is 24.8 Å². The van der Waals surface area contributed by atoms with Crippen molar-refractivity contribution in [2.45, 2.75) is 65.4 Å². The molecule has 0 unspecified atom stereocenters. The minimum absolute atomic E-state index is 0.118. The number of ether oxygens (including phenoxy) is 2. The Balaban J connectivity index is 2.70. The number of pyridine rings is 1. The van der Waals surface area contributed by atoms with Gasteiger partial charge in [0.25, 0.3) is 5.91 Å². The van der Waals surface area contributed by atoms with Crippen LogP contribution >= 0.6 is 0 Å². The van der Waals surface area contributed by atoms with Crippen molar-refractivity contribution >= 4 is 11.6 Å². The van der Waals surface area contributed by atoms with Crippen molar-refractivity contribution in [3.8, 4) is 5.88 Å². The van der Waals surface area contributed by atoms with Crippen molar-refractivity contribution in [1.82, 2.24) is 4.98 Å². The lowest BCUT2D eigenvalue weighted by Crippen LogP contribution is -2.43. The molecule has 0 bridgehead atoms. The molecule has 0 aliphatic rings. The van der Waals surface area contributed by atoms with Crippen LogP contribution in [0.1, 0.15) is 59.8 Å². The lowest BCUT2D eigenvalue weighted by Gasteiger charge is -2.28. The molecule has 23 heavy (non-hydrogen) atoms. The van der Waals surface area contributed by atoms with Gasteiger partial charge >= 0.3 is 0 Å². The topological polar surface area (TPSA) is 60.5 Å². The first-order valence-electron chi connectivity index (χ1n) is 8.60. The van der Waals surface area contributed by atoms with Crippen molar-refractivity contribution in [2.24, 2.45) is 0 Å². The Bertz CT molecular complexity index is 462. The summed E-state index contributed by atoms with van der Waals surface area (Å²) in [7, 11) is 0. The zero-order chi connectivity index (χ0) is 17.1. The number of hydrogen-bond acceptors (Lipinski definition) is 4. The summed E-state index contributed by atoms with van der Waals surface area (Å²) in [5.41, 5.74) is -0.149. The Hall–Kier alpha value is -1.62. The highest BCUT2D eigenvalue weighted by Crippen LogP contribution is 2.23. The smallest absolute Gasteiger partial charge is 0.256 e. The van der Waals surface area contributed by atoms with Gasteiger partial charge in [-0.3, -0.25) is 4.79 Å². The van der Waals surface area contributed by atoms with Gasteiger partial charge in [-0.15, -0.1) is 0 Å². The van der Waals surface area contributed by atoms with Crippen LogP contribution in [-0.4, -0.2) is 29.7 Å². The summed E-state index contributed by atoms with van der Waals surface area (Å²) in [6.45, 7) is 9.12. The minimum atomic E-state index is -0.802. The van der Waals surface area contributed by atoms with Gasteiger partial charge in [-0.25, -0.2) is 4.98 Å². The number of nitrogens with zero attached hydrogens (tertiary/aromatic N) is 1. The second-order valence-corrected chi connectivity index (χ2v) is 5.81. The Morgan fingerprint density at radius 3 is 2.57 bits per heavy atom. The van der Waals surface area contributed by atoms with Crippen molar-refractivity contribution in [2.75, 3.05) is 18.5 Å². The van der Waals surface area contributed by atoms with Crippen LogP contribution in [0.15, 0.2) is 18.3 Å². The van der Waals surface area contributed by atoms with Gasteiger partial charge < -0.3 is 14.8 Å². The molecule has 1 rings (SSSR count). The molecule has 1 N–H and O–H groups in total. The Labute approximate surface area is 139 Å². The van der Waals surface area contributed by atoms with Gasteiger partial charge in [-0.2, -0.15) is 0 Å². The number of amides is 1. The SMILES string of the molecule is CCCCC[C@](C)(OCCC)C(=O)Nc1ccc(OCC)nc1. The monoisotopic (exact) mass is 322 g/mol. The number of carbonyl (C=O) groups is 1. The predicted molar refractivity (Wildman–Crippen MR) is 92.8 cm³/mol. The normalized spacial score (nSPS) is 13.4. The Morgan fingerprint density at radius 2 is 2.00 bits per heavy atom. The van der Waals surface area contributed by atoms with Crippen LogP contribution in [0, 0.1) is 0 Å². The summed E-state index contributed by atoms with van der Waals surface area (Å²) in [5.74, 6) is 0.437. The Morgan fingerprint density at radius 1 is 1.22 bits per heavy atom. The molecule has 0 radical (unpaired) electrons. The quantitative estimate of drug-likeness (QED) is 0.621. The van der Waals surface area contributed by atoms with E-state index in [-0.39, 0.29) is 5.91 Å². The molecule has 130 valence electrons. The predicted octanol–water partition coefficient (Wildman–Crippen LogP) is 4.18. The number of anilines is 1. The molecule has 0 aromatic carbocycles. The molecule has 1 aromatic heterocycles. The van der Waals surface area contributed by atoms with Crippen LogP contribution < -0.4 is 10.1 Å². The van der Waals surface area contributed by atoms with Gasteiger partial charge in [-0.05, 0) is 32.8 Å². The van der Waals surface area contributed by atoms with Gasteiger partial charge in [0.05, 0.1) is 18.5 Å². The third-order valence-corrected chi connectivity index (χ3v) is 3.65. The fourth-order valence-corrected chi connectivity index (χ4v) is 2.24. The van der Waals surface area contributed by atoms with Crippen molar-refractivity contribution < 1.29 is 14.3 Å². The summed E-state index contributed by atoms with van der Waals surface area (Å²) in [5, 5.41) is 2.91. The fraction of sp³-hybridized carbons (Fsp3) is 0.667. The molecular formula is C18H30N2O3. The maximum Gasteiger partial charge on any atom is 0.256 e. The fourth-order valence-electron chi connectivity index (χ4n) is 2.24. The molecule has 5 heteroatoms. The second kappa shape index (κ2) is 10.2. The molecular weight excluding hydrogens is 292 g/mol. The van der Waals surface area contributed by atoms with Crippen molar-refractivity contribution in [1.29, 1.82) is 0 Å². The molecule has 1 amide bonds. The molecule has 1 heterocycles. The summed E-state index contributed by atoms with van der Waals surface area (Å²) in [4.78, 5) is 16.8. The van der Waals surface area contributed by atoms with Gasteiger partial charge in [-0.1, -0.05) is 33.1 Å². The van der Waals surface area contributed by atoms with Crippen molar-refractivity contribution in [3.63, 3.8) is 0 Å². The van der Waals surface area contributed by atoms with Gasteiger partial charge in [0.1, 0.15) is 5.60 Å². The first-order chi connectivity index (χ1) is 11.1. The summed E-state index contributed by atoms with van der Waals surface area (Å²) >= 11 is 0. The van der Waals surface area contributed by atoms with E-state index < -0.39 is 5.60 Å². The molecule has 0 saturated heterocycles. The highest BCUT2D eigenvalue weighted by atomic mass is 16.5. The summed E-state index contributed by atoms with van der Waals surface area (Å²) in [6, 6.07) is 3.54. The zero-order valence-electron chi connectivity index (χ0n) is 14.9. The van der Waals surface area contributed by atoms with Crippen LogP contribution in [0.2, 0.25) is 0 Å². The number of rotatable bonds is 11. The average Bonchev–Trinajstić information content (AvgIpc) is 2.55. The molecule has 0 spiro atoms. The molecule has 0 aliphatic carbocycles. The molecule has 0 saturated carbocycles. The van der Waals surface area contributed by atoms with E-state index >= 15 is 0 Å². The number of carbonyl (C=O) groups excluding carboxylic acids is 1. The number of nitrogens with one attached hydrogen (secondary N) is 1. The second-order valence-electron chi connectivity index (χ2n) is 5.81. The average molecular weight is 322 g/mol. The van der Waals surface area contributed by atoms with Crippen LogP contribution in [0.4, 0.5) is 5.69 Å². The lowest BCUT2D eigenvalue weighted by atomic mass is 9.96. The van der Waals surface area contributed by atoms with Crippen LogP contribution in [0.5, 0.6) is 5.88 Å². The summed E-state index contributed by atoms with van der Waals surface area (Å²) in [6.07, 6.45) is 6.41. The summed E-state index contributed by atoms with van der Waals surface area (Å²) < 4.78 is 11.2. The van der Waals surface area contributed by atoms with Gasteiger partial charge in [0.15, 0.2) is 0 Å². The molecule has 1 atom stereocenters. The maximum absolute atomic E-state index is 12.6. The third-order valence-electron chi connectivity index (χ3n) is 3.65. The largest absolute Gasteiger partial charge is 0.478 e. The van der Waals surface area contributed by atoms with E-state index in [1.54, 1.807) is 18.3 Å². The zero-order valence-corrected chi connectivity index (χ0v) is 14.9. The lowest BCUT2D eigenvalue weighted by molar-refractivity contribution is -0.140. The first kappa shape index (κ1) is 19.4. The van der Waals surface area contributed by atoms with E-state index in [1.165, 1.54) is 0 Å². The third kappa shape index (κ3) is 6.57. The van der Waals surface area contributed by atoms with Crippen LogP contribution in [0.3, 0.4) is 0 Å². The number of unbranched alkanes of at least 4 members (excludes halogenated alkanes) is 2. The van der Waals surface area contributed by atoms with Crippen molar-refractivity contribution in [3.05, 3.63) is 18.3 Å². The molecule has 0 aliphatic heterocycles. The van der Waals surface area contributed by atoms with Crippen LogP contribution in [-0.2, 0) is 9.53 Å². The van der Waals surface area contributed by atoms with Gasteiger partial charge in [0, 0.05) is 12.7 Å². The molecule has 0 fully saturated rings. The van der Waals surface area contributed by atoms with Gasteiger partial charge in [0.2, 0.25) is 5.88 Å². The first-order valence-corrected chi connectivity index (χ1v) is 8.60. The van der Waals surface area contributed by atoms with E-state index in [2.05, 4.69) is 17.2 Å². The van der Waals surface area contributed by atoms with Crippen LogP contribution in [0.25, 0.3) is 0 Å². The minimum Gasteiger partial charge on any atom is -0.478 e. The number of hydrogen-bond donors (Lipinski definition) is 1. The Kier molecular flexibility index (Phi) is 8.62. The standard InChI is InChI=1S/C18H30N2O3/c1-5-8-9-12-18(4,23-13-6-2)17(21)20-15-10-11-16(19-14-15)22-7-3/h10-11,14H,5-9,12-13H2,1-4H3,(H,20,21)/t18-/m0/s1.